The van der Waals surface area contributed by atoms with Gasteiger partial charge in [0.1, 0.15) is 11.9 Å². The van der Waals surface area contributed by atoms with Crippen LogP contribution >= 0.6 is 11.8 Å². The lowest BCUT2D eigenvalue weighted by atomic mass is 10.2. The van der Waals surface area contributed by atoms with E-state index in [4.69, 9.17) is 5.11 Å². The Morgan fingerprint density at radius 1 is 1.33 bits per heavy atom. The number of aromatic nitrogens is 2. The van der Waals surface area contributed by atoms with Gasteiger partial charge in [0, 0.05) is 16.8 Å². The minimum atomic E-state index is -0.991. The summed E-state index contributed by atoms with van der Waals surface area (Å²) in [6.45, 7) is 2.03. The molecule has 0 saturated carbocycles. The molecule has 5 heteroatoms. The van der Waals surface area contributed by atoms with Crippen LogP contribution in [0.1, 0.15) is 21.6 Å². The molecule has 0 atom stereocenters. The zero-order valence-electron chi connectivity index (χ0n) is 9.83. The van der Waals surface area contributed by atoms with Crippen LogP contribution in [-0.4, -0.2) is 21.0 Å². The number of benzene rings is 1. The van der Waals surface area contributed by atoms with Crippen molar-refractivity contribution in [1.82, 2.24) is 9.97 Å². The third-order valence-corrected chi connectivity index (χ3v) is 3.44. The number of hydrogen-bond donors (Lipinski definition) is 1. The van der Waals surface area contributed by atoms with Crippen LogP contribution in [0.2, 0.25) is 0 Å². The van der Waals surface area contributed by atoms with Gasteiger partial charge in [-0.3, -0.25) is 0 Å². The van der Waals surface area contributed by atoms with Crippen molar-refractivity contribution in [2.24, 2.45) is 0 Å². The van der Waals surface area contributed by atoms with E-state index in [1.807, 2.05) is 31.2 Å². The van der Waals surface area contributed by atoms with Crippen molar-refractivity contribution in [2.75, 3.05) is 0 Å². The molecule has 0 radical (unpaired) electrons. The van der Waals surface area contributed by atoms with Crippen molar-refractivity contribution in [3.8, 4) is 0 Å². The molecule has 0 unspecified atom stereocenters. The van der Waals surface area contributed by atoms with E-state index in [1.54, 1.807) is 11.8 Å². The Bertz CT molecular complexity index is 555. The van der Waals surface area contributed by atoms with Gasteiger partial charge in [-0.15, -0.1) is 11.8 Å². The molecule has 0 aliphatic heterocycles. The predicted molar refractivity (Wildman–Crippen MR) is 69.7 cm³/mol. The van der Waals surface area contributed by atoms with E-state index in [9.17, 15) is 4.79 Å². The quantitative estimate of drug-likeness (QED) is 0.856. The summed E-state index contributed by atoms with van der Waals surface area (Å²) >= 11 is 1.56. The van der Waals surface area contributed by atoms with Crippen LogP contribution in [0.5, 0.6) is 0 Å². The van der Waals surface area contributed by atoms with Gasteiger partial charge in [0.2, 0.25) is 0 Å². The van der Waals surface area contributed by atoms with Gasteiger partial charge in [0.15, 0.2) is 0 Å². The van der Waals surface area contributed by atoms with Crippen LogP contribution in [0.3, 0.4) is 0 Å². The first-order valence-electron chi connectivity index (χ1n) is 5.38. The molecule has 2 rings (SSSR count). The van der Waals surface area contributed by atoms with E-state index in [0.29, 0.717) is 11.4 Å². The number of nitrogens with zero attached hydrogens (tertiary/aromatic N) is 2. The van der Waals surface area contributed by atoms with E-state index in [-0.39, 0.29) is 5.56 Å². The highest BCUT2D eigenvalue weighted by Crippen LogP contribution is 2.23. The predicted octanol–water partition coefficient (Wildman–Crippen LogP) is 2.78. The van der Waals surface area contributed by atoms with Gasteiger partial charge in [-0.2, -0.15) is 0 Å². The topological polar surface area (TPSA) is 63.1 Å². The van der Waals surface area contributed by atoms with Crippen LogP contribution in [0.25, 0.3) is 0 Å². The largest absolute Gasteiger partial charge is 0.478 e. The zero-order chi connectivity index (χ0) is 13.0. The van der Waals surface area contributed by atoms with Crippen LogP contribution in [0.4, 0.5) is 0 Å². The number of rotatable bonds is 4. The highest BCUT2D eigenvalue weighted by atomic mass is 32.2. The molecule has 1 aromatic heterocycles. The number of aromatic carboxylic acids is 1. The molecule has 0 amide bonds. The highest BCUT2D eigenvalue weighted by Gasteiger charge is 2.11. The monoisotopic (exact) mass is 260 g/mol. The van der Waals surface area contributed by atoms with Crippen molar-refractivity contribution in [3.05, 3.63) is 53.6 Å². The average Bonchev–Trinajstić information content (AvgIpc) is 2.38. The van der Waals surface area contributed by atoms with Gasteiger partial charge >= 0.3 is 5.97 Å². The summed E-state index contributed by atoms with van der Waals surface area (Å²) in [6.07, 6.45) is 2.71. The lowest BCUT2D eigenvalue weighted by Gasteiger charge is -2.04. The van der Waals surface area contributed by atoms with Crippen molar-refractivity contribution in [2.45, 2.75) is 17.6 Å². The lowest BCUT2D eigenvalue weighted by molar-refractivity contribution is 0.0695. The second-order valence-electron chi connectivity index (χ2n) is 3.79. The minimum Gasteiger partial charge on any atom is -0.478 e. The van der Waals surface area contributed by atoms with Crippen molar-refractivity contribution < 1.29 is 9.90 Å². The molecule has 0 fully saturated rings. The van der Waals surface area contributed by atoms with Gasteiger partial charge in [-0.25, -0.2) is 14.8 Å². The lowest BCUT2D eigenvalue weighted by Crippen LogP contribution is -2.04. The average molecular weight is 260 g/mol. The fourth-order valence-electron chi connectivity index (χ4n) is 1.43. The smallest absolute Gasteiger partial charge is 0.339 e. The van der Waals surface area contributed by atoms with Gasteiger partial charge in [0.25, 0.3) is 0 Å². The Labute approximate surface area is 109 Å². The van der Waals surface area contributed by atoms with Crippen LogP contribution < -0.4 is 0 Å². The maximum absolute atomic E-state index is 11.0. The second-order valence-corrected chi connectivity index (χ2v) is 4.84. The summed E-state index contributed by atoms with van der Waals surface area (Å²) in [7, 11) is 0. The molecule has 0 saturated heterocycles. The van der Waals surface area contributed by atoms with E-state index in [1.165, 1.54) is 18.1 Å². The van der Waals surface area contributed by atoms with E-state index in [2.05, 4.69) is 9.97 Å². The minimum absolute atomic E-state index is 0.164. The SMILES string of the molecule is Cc1ccc(SCc2ncncc2C(=O)O)cc1. The van der Waals surface area contributed by atoms with Crippen molar-refractivity contribution in [1.29, 1.82) is 0 Å². The number of carbonyl (C=O) groups is 1. The van der Waals surface area contributed by atoms with Crippen molar-refractivity contribution in [3.63, 3.8) is 0 Å². The summed E-state index contributed by atoms with van der Waals surface area (Å²) in [5, 5.41) is 9.01. The van der Waals surface area contributed by atoms with E-state index >= 15 is 0 Å². The number of hydrogen-bond acceptors (Lipinski definition) is 4. The molecule has 0 bridgehead atoms. The molecule has 1 N–H and O–H groups in total. The fourth-order valence-corrected chi connectivity index (χ4v) is 2.30. The first-order chi connectivity index (χ1) is 8.66. The standard InChI is InChI=1S/C13H12N2O2S/c1-9-2-4-10(5-3-9)18-7-12-11(13(16)17)6-14-8-15-12/h2-6,8H,7H2,1H3,(H,16,17). The van der Waals surface area contributed by atoms with Crippen LogP contribution in [-0.2, 0) is 5.75 Å². The Morgan fingerprint density at radius 2 is 2.06 bits per heavy atom. The van der Waals surface area contributed by atoms with Gasteiger partial charge in [-0.05, 0) is 19.1 Å². The Balaban J connectivity index is 2.10. The molecule has 92 valence electrons. The molecule has 0 aliphatic rings. The molecule has 0 spiro atoms. The number of thioether (sulfide) groups is 1. The zero-order valence-corrected chi connectivity index (χ0v) is 10.6. The molecule has 4 nitrogen and oxygen atoms in total. The summed E-state index contributed by atoms with van der Waals surface area (Å²) in [5.74, 6) is -0.470. The molecule has 0 aliphatic carbocycles. The molecular formula is C13H12N2O2S. The van der Waals surface area contributed by atoms with Crippen LogP contribution in [0, 0.1) is 6.92 Å². The summed E-state index contributed by atoms with van der Waals surface area (Å²) < 4.78 is 0. The summed E-state index contributed by atoms with van der Waals surface area (Å²) in [4.78, 5) is 19.8. The molecular weight excluding hydrogens is 248 g/mol. The van der Waals surface area contributed by atoms with E-state index in [0.717, 1.165) is 4.90 Å². The normalized spacial score (nSPS) is 10.3. The van der Waals surface area contributed by atoms with Crippen molar-refractivity contribution >= 4 is 17.7 Å². The third kappa shape index (κ3) is 3.07. The highest BCUT2D eigenvalue weighted by molar-refractivity contribution is 7.98. The Kier molecular flexibility index (Phi) is 3.94. The second kappa shape index (κ2) is 5.64. The summed E-state index contributed by atoms with van der Waals surface area (Å²) in [6, 6.07) is 8.09. The first-order valence-corrected chi connectivity index (χ1v) is 6.37. The number of carboxylic acid groups (broad SMARTS) is 1. The molecule has 1 aromatic carbocycles. The Hall–Kier alpha value is -1.88. The maximum atomic E-state index is 11.0. The van der Waals surface area contributed by atoms with Gasteiger partial charge in [0.05, 0.1) is 5.69 Å². The Morgan fingerprint density at radius 3 is 2.72 bits per heavy atom. The first kappa shape index (κ1) is 12.6. The number of aryl methyl sites for hydroxylation is 1. The van der Waals surface area contributed by atoms with E-state index < -0.39 is 5.97 Å². The molecule has 2 aromatic rings. The van der Waals surface area contributed by atoms with Gasteiger partial charge < -0.3 is 5.11 Å². The molecule has 1 heterocycles. The molecule has 18 heavy (non-hydrogen) atoms. The summed E-state index contributed by atoms with van der Waals surface area (Å²) in [5.41, 5.74) is 1.91. The van der Waals surface area contributed by atoms with Gasteiger partial charge in [-0.1, -0.05) is 17.7 Å². The third-order valence-electron chi connectivity index (χ3n) is 2.42. The fraction of sp³-hybridized carbons (Fsp3) is 0.154. The maximum Gasteiger partial charge on any atom is 0.339 e. The number of carboxylic acids is 1. The van der Waals surface area contributed by atoms with Crippen LogP contribution in [0.15, 0.2) is 41.7 Å².